The molecule has 7 nitrogen and oxygen atoms in total. The minimum absolute atomic E-state index is 0.187. The van der Waals surface area contributed by atoms with Gasteiger partial charge in [-0.15, -0.1) is 0 Å². The summed E-state index contributed by atoms with van der Waals surface area (Å²) >= 11 is 0. The Morgan fingerprint density at radius 1 is 1.12 bits per heavy atom. The maximum Gasteiger partial charge on any atom is 0.323 e. The zero-order valence-electron chi connectivity index (χ0n) is 13.7. The lowest BCUT2D eigenvalue weighted by atomic mass is 10.1. The molecule has 1 aliphatic heterocycles. The summed E-state index contributed by atoms with van der Waals surface area (Å²) in [4.78, 5) is 49.0. The van der Waals surface area contributed by atoms with Gasteiger partial charge in [0, 0.05) is 24.4 Å². The molecule has 0 unspecified atom stereocenters. The molecule has 1 aromatic carbocycles. The topological polar surface area (TPSA) is 95.0 Å². The molecule has 1 aliphatic rings. The Hall–Kier alpha value is -2.70. The molecule has 1 aromatic rings. The monoisotopic (exact) mass is 332 g/mol. The van der Waals surface area contributed by atoms with E-state index in [9.17, 15) is 19.2 Å². The van der Waals surface area contributed by atoms with Crippen molar-refractivity contribution in [1.82, 2.24) is 9.80 Å². The van der Waals surface area contributed by atoms with E-state index in [1.165, 1.54) is 9.80 Å². The molecule has 24 heavy (non-hydrogen) atoms. The van der Waals surface area contributed by atoms with Crippen LogP contribution in [0.5, 0.6) is 0 Å². The van der Waals surface area contributed by atoms with Gasteiger partial charge in [0.25, 0.3) is 5.91 Å². The molecule has 7 heteroatoms. The largest absolute Gasteiger partial charge is 0.480 e. The Kier molecular flexibility index (Phi) is 5.33. The van der Waals surface area contributed by atoms with Gasteiger partial charge < -0.3 is 10.0 Å². The summed E-state index contributed by atoms with van der Waals surface area (Å²) in [6.45, 7) is 3.32. The summed E-state index contributed by atoms with van der Waals surface area (Å²) in [6.07, 6.45) is 0.488. The minimum atomic E-state index is -1.07. The number of hydrogen-bond acceptors (Lipinski definition) is 4. The molecule has 0 aliphatic carbocycles. The second-order valence-electron chi connectivity index (χ2n) is 5.99. The van der Waals surface area contributed by atoms with Crippen molar-refractivity contribution in [2.45, 2.75) is 39.3 Å². The Morgan fingerprint density at radius 3 is 2.12 bits per heavy atom. The second-order valence-corrected chi connectivity index (χ2v) is 5.99. The summed E-state index contributed by atoms with van der Waals surface area (Å²) in [7, 11) is 0. The molecule has 3 amide bonds. The van der Waals surface area contributed by atoms with E-state index < -0.39 is 5.97 Å². The SMILES string of the molecule is CC(C)N(CC(=O)O)C(=O)c1ccc(CN2C(=O)CCC2=O)cc1. The van der Waals surface area contributed by atoms with Crippen LogP contribution in [0.3, 0.4) is 0 Å². The highest BCUT2D eigenvalue weighted by atomic mass is 16.4. The van der Waals surface area contributed by atoms with Crippen LogP contribution in [-0.2, 0) is 20.9 Å². The van der Waals surface area contributed by atoms with Crippen LogP contribution in [0.4, 0.5) is 0 Å². The number of carbonyl (C=O) groups excluding carboxylic acids is 3. The van der Waals surface area contributed by atoms with Crippen LogP contribution in [-0.4, -0.2) is 51.2 Å². The van der Waals surface area contributed by atoms with E-state index in [0.29, 0.717) is 5.56 Å². The average molecular weight is 332 g/mol. The van der Waals surface area contributed by atoms with Gasteiger partial charge in [-0.2, -0.15) is 0 Å². The number of carboxylic acids is 1. The molecule has 0 radical (unpaired) electrons. The van der Waals surface area contributed by atoms with Gasteiger partial charge in [0.05, 0.1) is 6.54 Å². The number of hydrogen-bond donors (Lipinski definition) is 1. The maximum absolute atomic E-state index is 12.4. The number of imide groups is 1. The first-order chi connectivity index (χ1) is 11.3. The van der Waals surface area contributed by atoms with E-state index >= 15 is 0 Å². The van der Waals surface area contributed by atoms with Gasteiger partial charge in [-0.05, 0) is 31.5 Å². The Balaban J connectivity index is 2.10. The first-order valence-electron chi connectivity index (χ1n) is 7.74. The van der Waals surface area contributed by atoms with Crippen molar-refractivity contribution in [2.75, 3.05) is 6.54 Å². The molecule has 1 fully saturated rings. The lowest BCUT2D eigenvalue weighted by Crippen LogP contribution is -2.40. The minimum Gasteiger partial charge on any atom is -0.480 e. The van der Waals surface area contributed by atoms with E-state index in [2.05, 4.69) is 0 Å². The van der Waals surface area contributed by atoms with Crippen molar-refractivity contribution in [3.05, 3.63) is 35.4 Å². The molecule has 0 aromatic heterocycles. The van der Waals surface area contributed by atoms with Crippen molar-refractivity contribution in [3.63, 3.8) is 0 Å². The summed E-state index contributed by atoms with van der Waals surface area (Å²) in [6, 6.07) is 6.27. The van der Waals surface area contributed by atoms with Gasteiger partial charge in [-0.3, -0.25) is 24.1 Å². The third kappa shape index (κ3) is 3.98. The number of carbonyl (C=O) groups is 4. The predicted molar refractivity (Wildman–Crippen MR) is 85.0 cm³/mol. The summed E-state index contributed by atoms with van der Waals surface area (Å²) in [5.74, 6) is -1.81. The zero-order valence-corrected chi connectivity index (χ0v) is 13.7. The van der Waals surface area contributed by atoms with Gasteiger partial charge in [0.2, 0.25) is 11.8 Å². The molecule has 1 saturated heterocycles. The van der Waals surface area contributed by atoms with Crippen LogP contribution in [0, 0.1) is 0 Å². The molecule has 1 N–H and O–H groups in total. The number of nitrogens with zero attached hydrogens (tertiary/aromatic N) is 2. The normalized spacial score (nSPS) is 14.4. The smallest absolute Gasteiger partial charge is 0.323 e. The first kappa shape index (κ1) is 17.7. The maximum atomic E-state index is 12.4. The van der Waals surface area contributed by atoms with E-state index in [-0.39, 0.29) is 49.7 Å². The van der Waals surface area contributed by atoms with Gasteiger partial charge in [0.15, 0.2) is 0 Å². The van der Waals surface area contributed by atoms with Crippen molar-refractivity contribution >= 4 is 23.7 Å². The van der Waals surface area contributed by atoms with Gasteiger partial charge in [-0.25, -0.2) is 0 Å². The molecule has 2 rings (SSSR count). The summed E-state index contributed by atoms with van der Waals surface area (Å²) < 4.78 is 0. The molecule has 0 bridgehead atoms. The van der Waals surface area contributed by atoms with E-state index in [4.69, 9.17) is 5.11 Å². The van der Waals surface area contributed by atoms with Crippen LogP contribution in [0.2, 0.25) is 0 Å². The second kappa shape index (κ2) is 7.25. The third-order valence-corrected chi connectivity index (χ3v) is 3.89. The number of benzene rings is 1. The van der Waals surface area contributed by atoms with Crippen LogP contribution >= 0.6 is 0 Å². The average Bonchev–Trinajstić information content (AvgIpc) is 2.84. The third-order valence-electron chi connectivity index (χ3n) is 3.89. The lowest BCUT2D eigenvalue weighted by Gasteiger charge is -2.25. The Morgan fingerprint density at radius 2 is 1.67 bits per heavy atom. The molecule has 1 heterocycles. The highest BCUT2D eigenvalue weighted by Gasteiger charge is 2.28. The van der Waals surface area contributed by atoms with E-state index in [1.807, 2.05) is 0 Å². The highest BCUT2D eigenvalue weighted by molar-refractivity contribution is 6.01. The fourth-order valence-electron chi connectivity index (χ4n) is 2.53. The molecular weight excluding hydrogens is 312 g/mol. The number of amides is 3. The zero-order chi connectivity index (χ0) is 17.9. The van der Waals surface area contributed by atoms with Gasteiger partial charge in [-0.1, -0.05) is 12.1 Å². The standard InChI is InChI=1S/C17H20N2O5/c1-11(2)18(10-16(22)23)17(24)13-5-3-12(4-6-13)9-19-14(20)7-8-15(19)21/h3-6,11H,7-10H2,1-2H3,(H,22,23). The molecule has 0 atom stereocenters. The molecule has 0 spiro atoms. The van der Waals surface area contributed by atoms with Gasteiger partial charge >= 0.3 is 5.97 Å². The van der Waals surface area contributed by atoms with E-state index in [0.717, 1.165) is 5.56 Å². The number of aliphatic carboxylic acids is 1. The fourth-order valence-corrected chi connectivity index (χ4v) is 2.53. The van der Waals surface area contributed by atoms with Crippen LogP contribution in [0.1, 0.15) is 42.6 Å². The lowest BCUT2D eigenvalue weighted by molar-refractivity contribution is -0.139. The van der Waals surface area contributed by atoms with Crippen molar-refractivity contribution in [1.29, 1.82) is 0 Å². The van der Waals surface area contributed by atoms with Crippen LogP contribution < -0.4 is 0 Å². The van der Waals surface area contributed by atoms with Crippen LogP contribution in [0.25, 0.3) is 0 Å². The summed E-state index contributed by atoms with van der Waals surface area (Å²) in [5.41, 5.74) is 1.11. The predicted octanol–water partition coefficient (Wildman–Crippen LogP) is 1.27. The number of carboxylic acid groups (broad SMARTS) is 1. The van der Waals surface area contributed by atoms with Crippen molar-refractivity contribution < 1.29 is 24.3 Å². The van der Waals surface area contributed by atoms with Crippen molar-refractivity contribution in [2.24, 2.45) is 0 Å². The Labute approximate surface area is 139 Å². The number of rotatable bonds is 6. The quantitative estimate of drug-likeness (QED) is 0.792. The van der Waals surface area contributed by atoms with Crippen LogP contribution in [0.15, 0.2) is 24.3 Å². The number of likely N-dealkylation sites (tertiary alicyclic amines) is 1. The van der Waals surface area contributed by atoms with Gasteiger partial charge in [0.1, 0.15) is 6.54 Å². The molecule has 128 valence electrons. The first-order valence-corrected chi connectivity index (χ1v) is 7.74. The molecule has 0 saturated carbocycles. The van der Waals surface area contributed by atoms with E-state index in [1.54, 1.807) is 38.1 Å². The highest BCUT2D eigenvalue weighted by Crippen LogP contribution is 2.17. The molecular formula is C17H20N2O5. The fraction of sp³-hybridized carbons (Fsp3) is 0.412. The Bertz CT molecular complexity index is 650. The van der Waals surface area contributed by atoms with Crippen molar-refractivity contribution in [3.8, 4) is 0 Å². The summed E-state index contributed by atoms with van der Waals surface area (Å²) in [5, 5.41) is 8.92.